The maximum atomic E-state index is 11.5. The van der Waals surface area contributed by atoms with Gasteiger partial charge in [-0.15, -0.1) is 0 Å². The normalized spacial score (nSPS) is 10.8. The van der Waals surface area contributed by atoms with Crippen LogP contribution in [0.25, 0.3) is 0 Å². The molecule has 0 unspecified atom stereocenters. The second-order valence-corrected chi connectivity index (χ2v) is 5.89. The topological polar surface area (TPSA) is 19.9 Å². The van der Waals surface area contributed by atoms with Gasteiger partial charge in [0.05, 0.1) is 0 Å². The molecule has 20 heavy (non-hydrogen) atoms. The Hall–Kier alpha value is -0.980. The molecular formula is C19H31O. The molecule has 1 heteroatoms. The average Bonchev–Trinajstić information content (AvgIpc) is 2.46. The molecule has 0 fully saturated rings. The fraction of sp³-hybridized carbons (Fsp3) is 0.684. The van der Waals surface area contributed by atoms with Gasteiger partial charge in [-0.05, 0) is 24.5 Å². The van der Waals surface area contributed by atoms with E-state index in [1.54, 1.807) is 6.07 Å². The van der Waals surface area contributed by atoms with Crippen LogP contribution in [0.3, 0.4) is 0 Å². The maximum Gasteiger partial charge on any atom is 0.181 e. The molecule has 0 aliphatic heterocycles. The Morgan fingerprint density at radius 3 is 1.75 bits per heavy atom. The number of unbranched alkanes of at least 4 members (excludes halogenated alkanes) is 10. The van der Waals surface area contributed by atoms with Crippen LogP contribution < -0.4 is 0 Å². The fourth-order valence-corrected chi connectivity index (χ4v) is 2.69. The first-order valence-corrected chi connectivity index (χ1v) is 8.59. The molecule has 0 saturated heterocycles. The summed E-state index contributed by atoms with van der Waals surface area (Å²) >= 11 is 0. The Morgan fingerprint density at radius 2 is 1.20 bits per heavy atom. The van der Waals surface area contributed by atoms with Crippen molar-refractivity contribution < 1.29 is 5.11 Å². The molecular weight excluding hydrogens is 244 g/mol. The molecule has 0 amide bonds. The zero-order valence-corrected chi connectivity index (χ0v) is 13.2. The molecule has 0 saturated carbocycles. The highest BCUT2D eigenvalue weighted by Crippen LogP contribution is 2.19. The predicted molar refractivity (Wildman–Crippen MR) is 86.7 cm³/mol. The van der Waals surface area contributed by atoms with Gasteiger partial charge in [0.15, 0.2) is 5.75 Å². The summed E-state index contributed by atoms with van der Waals surface area (Å²) in [6.07, 6.45) is 15.9. The molecule has 0 aliphatic carbocycles. The Kier molecular flexibility index (Phi) is 10.1. The second kappa shape index (κ2) is 11.8. The van der Waals surface area contributed by atoms with E-state index in [2.05, 4.69) is 6.92 Å². The van der Waals surface area contributed by atoms with Gasteiger partial charge in [-0.1, -0.05) is 89.3 Å². The van der Waals surface area contributed by atoms with Gasteiger partial charge in [0.25, 0.3) is 0 Å². The molecule has 0 N–H and O–H groups in total. The Balaban J connectivity index is 1.87. The summed E-state index contributed by atoms with van der Waals surface area (Å²) in [4.78, 5) is 0. The molecule has 0 bridgehead atoms. The summed E-state index contributed by atoms with van der Waals surface area (Å²) < 4.78 is 0. The van der Waals surface area contributed by atoms with E-state index in [-0.39, 0.29) is 5.75 Å². The van der Waals surface area contributed by atoms with Crippen LogP contribution >= 0.6 is 0 Å². The quantitative estimate of drug-likeness (QED) is 0.379. The second-order valence-electron chi connectivity index (χ2n) is 5.89. The minimum absolute atomic E-state index is 0.208. The van der Waals surface area contributed by atoms with E-state index in [1.807, 2.05) is 18.2 Å². The van der Waals surface area contributed by atoms with E-state index in [1.165, 1.54) is 64.2 Å². The van der Waals surface area contributed by atoms with Crippen LogP contribution in [-0.4, -0.2) is 0 Å². The summed E-state index contributed by atoms with van der Waals surface area (Å²) in [5.41, 5.74) is 0.989. The van der Waals surface area contributed by atoms with Crippen LogP contribution in [0.1, 0.15) is 83.1 Å². The zero-order valence-electron chi connectivity index (χ0n) is 13.2. The molecule has 1 nitrogen and oxygen atoms in total. The van der Waals surface area contributed by atoms with E-state index < -0.39 is 0 Å². The van der Waals surface area contributed by atoms with Crippen molar-refractivity contribution in [2.24, 2.45) is 0 Å². The van der Waals surface area contributed by atoms with Crippen LogP contribution in [0.5, 0.6) is 5.75 Å². The summed E-state index contributed by atoms with van der Waals surface area (Å²) in [5, 5.41) is 11.5. The first-order valence-electron chi connectivity index (χ1n) is 8.59. The van der Waals surface area contributed by atoms with Gasteiger partial charge in [0.2, 0.25) is 0 Å². The van der Waals surface area contributed by atoms with E-state index in [0.29, 0.717) is 0 Å². The lowest BCUT2D eigenvalue weighted by Crippen LogP contribution is -1.87. The third kappa shape index (κ3) is 8.24. The number of hydrogen-bond acceptors (Lipinski definition) is 0. The summed E-state index contributed by atoms with van der Waals surface area (Å²) in [6.45, 7) is 2.27. The van der Waals surface area contributed by atoms with Gasteiger partial charge in [0, 0.05) is 0 Å². The molecule has 0 atom stereocenters. The maximum absolute atomic E-state index is 11.5. The molecule has 0 spiro atoms. The summed E-state index contributed by atoms with van der Waals surface area (Å²) in [5.74, 6) is 0.208. The van der Waals surface area contributed by atoms with Crippen LogP contribution in [-0.2, 0) is 11.5 Å². The molecule has 0 aliphatic rings. The first kappa shape index (κ1) is 17.1. The molecule has 1 radical (unpaired) electrons. The largest absolute Gasteiger partial charge is 0.290 e. The predicted octanol–water partition coefficient (Wildman–Crippen LogP) is 6.68. The third-order valence-electron chi connectivity index (χ3n) is 4.02. The molecule has 113 valence electrons. The lowest BCUT2D eigenvalue weighted by Gasteiger charge is -2.03. The molecule has 0 aromatic heterocycles. The molecule has 1 aromatic rings. The Labute approximate surface area is 125 Å². The number of aryl methyl sites for hydroxylation is 1. The Morgan fingerprint density at radius 1 is 0.700 bits per heavy atom. The SMILES string of the molecule is CCCCCCCCCCCCCc1ccccc1[O]. The van der Waals surface area contributed by atoms with Crippen molar-refractivity contribution in [1.29, 1.82) is 0 Å². The molecule has 0 heterocycles. The van der Waals surface area contributed by atoms with Crippen molar-refractivity contribution in [2.45, 2.75) is 84.0 Å². The minimum atomic E-state index is 0.208. The minimum Gasteiger partial charge on any atom is -0.290 e. The van der Waals surface area contributed by atoms with Crippen LogP contribution in [0, 0.1) is 0 Å². The van der Waals surface area contributed by atoms with Crippen LogP contribution in [0.15, 0.2) is 24.3 Å². The van der Waals surface area contributed by atoms with Crippen molar-refractivity contribution in [3.8, 4) is 5.75 Å². The van der Waals surface area contributed by atoms with Crippen molar-refractivity contribution in [2.75, 3.05) is 0 Å². The standard InChI is InChI=1S/C19H31O/c1-2-3-4-5-6-7-8-9-10-11-12-15-18-16-13-14-17-19(18)20/h13-14,16-17H,2-12,15H2,1H3. The van der Waals surface area contributed by atoms with Gasteiger partial charge in [0.1, 0.15) is 0 Å². The monoisotopic (exact) mass is 275 g/mol. The number of para-hydroxylation sites is 1. The van der Waals surface area contributed by atoms with Gasteiger partial charge < -0.3 is 0 Å². The molecule has 1 aromatic carbocycles. The van der Waals surface area contributed by atoms with Gasteiger partial charge in [-0.2, -0.15) is 0 Å². The van der Waals surface area contributed by atoms with E-state index in [9.17, 15) is 5.11 Å². The summed E-state index contributed by atoms with van der Waals surface area (Å²) in [7, 11) is 0. The first-order chi connectivity index (χ1) is 9.84. The zero-order chi connectivity index (χ0) is 14.5. The fourth-order valence-electron chi connectivity index (χ4n) is 2.69. The average molecular weight is 275 g/mol. The van der Waals surface area contributed by atoms with E-state index >= 15 is 0 Å². The van der Waals surface area contributed by atoms with Crippen molar-refractivity contribution in [3.63, 3.8) is 0 Å². The van der Waals surface area contributed by atoms with Gasteiger partial charge >= 0.3 is 0 Å². The lowest BCUT2D eigenvalue weighted by atomic mass is 10.0. The highest BCUT2D eigenvalue weighted by Gasteiger charge is 2.00. The third-order valence-corrected chi connectivity index (χ3v) is 4.02. The number of rotatable bonds is 12. The van der Waals surface area contributed by atoms with Crippen LogP contribution in [0.4, 0.5) is 0 Å². The Bertz CT molecular complexity index is 332. The highest BCUT2D eigenvalue weighted by molar-refractivity contribution is 5.31. The number of benzene rings is 1. The van der Waals surface area contributed by atoms with Gasteiger partial charge in [-0.25, -0.2) is 0 Å². The molecule has 1 rings (SSSR count). The van der Waals surface area contributed by atoms with E-state index in [4.69, 9.17) is 0 Å². The van der Waals surface area contributed by atoms with Gasteiger partial charge in [-0.3, -0.25) is 5.11 Å². The van der Waals surface area contributed by atoms with Crippen LogP contribution in [0.2, 0.25) is 0 Å². The van der Waals surface area contributed by atoms with E-state index in [0.717, 1.165) is 18.4 Å². The smallest absolute Gasteiger partial charge is 0.181 e. The highest BCUT2D eigenvalue weighted by atomic mass is 16.3. The van der Waals surface area contributed by atoms with Crippen molar-refractivity contribution >= 4 is 0 Å². The summed E-state index contributed by atoms with van der Waals surface area (Å²) in [6, 6.07) is 7.44. The lowest BCUT2D eigenvalue weighted by molar-refractivity contribution is 0.349. The number of hydrogen-bond donors (Lipinski definition) is 0. The van der Waals surface area contributed by atoms with Crippen molar-refractivity contribution in [3.05, 3.63) is 29.8 Å². The van der Waals surface area contributed by atoms with Crippen molar-refractivity contribution in [1.82, 2.24) is 0 Å².